The van der Waals surface area contributed by atoms with Crippen LogP contribution in [0.2, 0.25) is 0 Å². The Bertz CT molecular complexity index is 595. The van der Waals surface area contributed by atoms with Gasteiger partial charge in [0.15, 0.2) is 0 Å². The van der Waals surface area contributed by atoms with E-state index in [1.807, 2.05) is 38.1 Å². The van der Waals surface area contributed by atoms with Gasteiger partial charge < -0.3 is 10.4 Å². The quantitative estimate of drug-likeness (QED) is 0.869. The van der Waals surface area contributed by atoms with Crippen molar-refractivity contribution in [3.8, 4) is 0 Å². The lowest BCUT2D eigenvalue weighted by atomic mass is 10.0. The van der Waals surface area contributed by atoms with Crippen molar-refractivity contribution in [2.45, 2.75) is 19.9 Å². The maximum Gasteiger partial charge on any atom is 0.125 e. The number of nitrogens with one attached hydrogen (secondary N) is 1. The number of hydrogen-bond acceptors (Lipinski definition) is 2. The van der Waals surface area contributed by atoms with Crippen LogP contribution in [-0.2, 0) is 0 Å². The molecule has 1 atom stereocenters. The van der Waals surface area contributed by atoms with Gasteiger partial charge in [0, 0.05) is 10.2 Å². The van der Waals surface area contributed by atoms with E-state index in [2.05, 4.69) is 21.2 Å². The first-order valence-electron chi connectivity index (χ1n) is 6.40. The Kier molecular flexibility index (Phi) is 4.78. The van der Waals surface area contributed by atoms with E-state index in [1.54, 1.807) is 0 Å². The van der Waals surface area contributed by atoms with Crippen molar-refractivity contribution in [1.29, 1.82) is 0 Å². The summed E-state index contributed by atoms with van der Waals surface area (Å²) in [6, 6.07) is 10.4. The molecule has 4 heteroatoms. The first kappa shape index (κ1) is 15.0. The lowest BCUT2D eigenvalue weighted by molar-refractivity contribution is 0.276. The Labute approximate surface area is 126 Å². The van der Waals surface area contributed by atoms with Gasteiger partial charge in [0.1, 0.15) is 5.82 Å². The fourth-order valence-electron chi connectivity index (χ4n) is 2.14. The predicted octanol–water partition coefficient (Wildman–Crippen LogP) is 4.35. The van der Waals surface area contributed by atoms with E-state index in [-0.39, 0.29) is 18.5 Å². The van der Waals surface area contributed by atoms with Crippen LogP contribution in [0.1, 0.15) is 22.7 Å². The Balaban J connectivity index is 2.26. The van der Waals surface area contributed by atoms with E-state index in [0.717, 1.165) is 21.2 Å². The molecule has 2 aromatic rings. The van der Waals surface area contributed by atoms with Gasteiger partial charge in [0.25, 0.3) is 0 Å². The summed E-state index contributed by atoms with van der Waals surface area (Å²) in [7, 11) is 0. The summed E-state index contributed by atoms with van der Waals surface area (Å²) < 4.78 is 14.4. The molecule has 0 aliphatic rings. The molecular weight excluding hydrogens is 321 g/mol. The summed E-state index contributed by atoms with van der Waals surface area (Å²) in [4.78, 5) is 0. The zero-order valence-corrected chi connectivity index (χ0v) is 13.0. The third kappa shape index (κ3) is 3.58. The highest BCUT2D eigenvalue weighted by Crippen LogP contribution is 2.25. The van der Waals surface area contributed by atoms with Crippen LogP contribution < -0.4 is 5.32 Å². The maximum absolute atomic E-state index is 13.4. The lowest BCUT2D eigenvalue weighted by Crippen LogP contribution is -2.15. The van der Waals surface area contributed by atoms with Crippen LogP contribution in [-0.4, -0.2) is 11.7 Å². The monoisotopic (exact) mass is 337 g/mol. The van der Waals surface area contributed by atoms with Crippen molar-refractivity contribution in [2.24, 2.45) is 0 Å². The first-order chi connectivity index (χ1) is 9.49. The molecule has 2 aromatic carbocycles. The van der Waals surface area contributed by atoms with E-state index < -0.39 is 0 Å². The largest absolute Gasteiger partial charge is 0.394 e. The summed E-state index contributed by atoms with van der Waals surface area (Å²) >= 11 is 3.45. The molecule has 0 aliphatic heterocycles. The molecule has 2 N–H and O–H groups in total. The second-order valence-corrected chi connectivity index (χ2v) is 5.76. The number of aliphatic hydroxyl groups is 1. The average molecular weight is 338 g/mol. The molecule has 0 radical (unpaired) electrons. The molecule has 106 valence electrons. The summed E-state index contributed by atoms with van der Waals surface area (Å²) in [5.74, 6) is -0.281. The fraction of sp³-hybridized carbons (Fsp3) is 0.250. The number of aryl methyl sites for hydroxylation is 2. The SMILES string of the molecule is Cc1cc(F)cc(NC(CO)c2ccc(Br)c(C)c2)c1. The van der Waals surface area contributed by atoms with Gasteiger partial charge in [-0.05, 0) is 54.8 Å². The van der Waals surface area contributed by atoms with Gasteiger partial charge in [-0.15, -0.1) is 0 Å². The number of aliphatic hydroxyl groups excluding tert-OH is 1. The molecular formula is C16H17BrFNO. The van der Waals surface area contributed by atoms with Crippen molar-refractivity contribution >= 4 is 21.6 Å². The molecule has 0 saturated heterocycles. The molecule has 0 heterocycles. The van der Waals surface area contributed by atoms with Crippen LogP contribution >= 0.6 is 15.9 Å². The van der Waals surface area contributed by atoms with Gasteiger partial charge in [0.2, 0.25) is 0 Å². The number of halogens is 2. The lowest BCUT2D eigenvalue weighted by Gasteiger charge is -2.19. The molecule has 0 amide bonds. The predicted molar refractivity (Wildman–Crippen MR) is 83.5 cm³/mol. The minimum atomic E-state index is -0.281. The van der Waals surface area contributed by atoms with Gasteiger partial charge >= 0.3 is 0 Å². The van der Waals surface area contributed by atoms with E-state index in [9.17, 15) is 9.50 Å². The zero-order chi connectivity index (χ0) is 14.7. The highest BCUT2D eigenvalue weighted by atomic mass is 79.9. The van der Waals surface area contributed by atoms with E-state index in [0.29, 0.717) is 5.69 Å². The number of rotatable bonds is 4. The van der Waals surface area contributed by atoms with E-state index >= 15 is 0 Å². The van der Waals surface area contributed by atoms with Gasteiger partial charge in [-0.1, -0.05) is 28.1 Å². The van der Waals surface area contributed by atoms with Gasteiger partial charge in [-0.25, -0.2) is 4.39 Å². The first-order valence-corrected chi connectivity index (χ1v) is 7.19. The Morgan fingerprint density at radius 2 is 1.95 bits per heavy atom. The van der Waals surface area contributed by atoms with Crippen LogP contribution in [0.15, 0.2) is 40.9 Å². The zero-order valence-electron chi connectivity index (χ0n) is 11.5. The van der Waals surface area contributed by atoms with Crippen LogP contribution in [0.4, 0.5) is 10.1 Å². The Morgan fingerprint density at radius 3 is 2.55 bits per heavy atom. The molecule has 2 rings (SSSR count). The van der Waals surface area contributed by atoms with Crippen molar-refractivity contribution in [3.05, 3.63) is 63.4 Å². The van der Waals surface area contributed by atoms with Crippen molar-refractivity contribution in [3.63, 3.8) is 0 Å². The topological polar surface area (TPSA) is 32.3 Å². The third-order valence-electron chi connectivity index (χ3n) is 3.15. The van der Waals surface area contributed by atoms with Gasteiger partial charge in [-0.3, -0.25) is 0 Å². The van der Waals surface area contributed by atoms with E-state index in [1.165, 1.54) is 12.1 Å². The highest BCUT2D eigenvalue weighted by Gasteiger charge is 2.12. The number of benzene rings is 2. The molecule has 2 nitrogen and oxygen atoms in total. The highest BCUT2D eigenvalue weighted by molar-refractivity contribution is 9.10. The van der Waals surface area contributed by atoms with Crippen LogP contribution in [0.3, 0.4) is 0 Å². The molecule has 0 fully saturated rings. The van der Waals surface area contributed by atoms with Crippen molar-refractivity contribution < 1.29 is 9.50 Å². The average Bonchev–Trinajstić information content (AvgIpc) is 2.38. The van der Waals surface area contributed by atoms with Crippen LogP contribution in [0.5, 0.6) is 0 Å². The molecule has 0 aliphatic carbocycles. The molecule has 0 spiro atoms. The van der Waals surface area contributed by atoms with Gasteiger partial charge in [-0.2, -0.15) is 0 Å². The van der Waals surface area contributed by atoms with Crippen LogP contribution in [0.25, 0.3) is 0 Å². The Morgan fingerprint density at radius 1 is 1.20 bits per heavy atom. The number of hydrogen-bond donors (Lipinski definition) is 2. The summed E-state index contributed by atoms with van der Waals surface area (Å²) in [6.45, 7) is 3.77. The molecule has 0 saturated carbocycles. The van der Waals surface area contributed by atoms with Crippen LogP contribution in [0, 0.1) is 19.7 Å². The Hall–Kier alpha value is -1.39. The molecule has 1 unspecified atom stereocenters. The van der Waals surface area contributed by atoms with Crippen molar-refractivity contribution in [1.82, 2.24) is 0 Å². The minimum Gasteiger partial charge on any atom is -0.394 e. The minimum absolute atomic E-state index is 0.0589. The van der Waals surface area contributed by atoms with Gasteiger partial charge in [0.05, 0.1) is 12.6 Å². The summed E-state index contributed by atoms with van der Waals surface area (Å²) in [5.41, 5.74) is 3.58. The summed E-state index contributed by atoms with van der Waals surface area (Å²) in [6.07, 6.45) is 0. The maximum atomic E-state index is 13.4. The second-order valence-electron chi connectivity index (χ2n) is 4.91. The standard InChI is InChI=1S/C16H17BrFNO/c1-10-5-13(18)8-14(6-10)19-16(9-20)12-3-4-15(17)11(2)7-12/h3-8,16,19-20H,9H2,1-2H3. The smallest absolute Gasteiger partial charge is 0.125 e. The molecule has 0 aromatic heterocycles. The molecule has 20 heavy (non-hydrogen) atoms. The fourth-order valence-corrected chi connectivity index (χ4v) is 2.39. The van der Waals surface area contributed by atoms with E-state index in [4.69, 9.17) is 0 Å². The second kappa shape index (κ2) is 6.37. The summed E-state index contributed by atoms with van der Waals surface area (Å²) in [5, 5.41) is 12.7. The normalized spacial score (nSPS) is 12.2. The third-order valence-corrected chi connectivity index (χ3v) is 4.04. The number of anilines is 1. The van der Waals surface area contributed by atoms with Crippen molar-refractivity contribution in [2.75, 3.05) is 11.9 Å². The molecule has 0 bridgehead atoms.